The molecule has 1 aliphatic heterocycles. The van der Waals surface area contributed by atoms with Crippen LogP contribution in [0, 0.1) is 0 Å². The first kappa shape index (κ1) is 11.5. The summed E-state index contributed by atoms with van der Waals surface area (Å²) in [5, 5.41) is 3.14. The fourth-order valence-electron chi connectivity index (χ4n) is 1.77. The van der Waals surface area contributed by atoms with Crippen molar-refractivity contribution in [3.8, 4) is 0 Å². The summed E-state index contributed by atoms with van der Waals surface area (Å²) in [7, 11) is 1.96. The molecule has 0 aromatic heterocycles. The molecule has 1 aromatic rings. The molecule has 2 nitrogen and oxygen atoms in total. The Hall–Kier alpha value is -0.570. The zero-order valence-electron chi connectivity index (χ0n) is 8.32. The molecule has 1 aliphatic rings. The van der Waals surface area contributed by atoms with Crippen molar-refractivity contribution in [2.75, 3.05) is 13.6 Å². The normalized spacial score (nSPS) is 19.6. The van der Waals surface area contributed by atoms with Crippen LogP contribution >= 0.6 is 12.4 Å². The van der Waals surface area contributed by atoms with Gasteiger partial charge in [0, 0.05) is 13.0 Å². The van der Waals surface area contributed by atoms with Crippen molar-refractivity contribution in [1.82, 2.24) is 5.32 Å². The zero-order chi connectivity index (χ0) is 9.10. The molecular formula is C11H16ClNO. The van der Waals surface area contributed by atoms with Gasteiger partial charge >= 0.3 is 0 Å². The number of likely N-dealkylation sites (N-methyl/N-ethyl adjacent to an activating group) is 1. The molecule has 0 bridgehead atoms. The lowest BCUT2D eigenvalue weighted by molar-refractivity contribution is 0.0302. The van der Waals surface area contributed by atoms with E-state index >= 15 is 0 Å². The van der Waals surface area contributed by atoms with Gasteiger partial charge in [-0.2, -0.15) is 0 Å². The van der Waals surface area contributed by atoms with Crippen molar-refractivity contribution in [2.24, 2.45) is 0 Å². The zero-order valence-corrected chi connectivity index (χ0v) is 9.14. The van der Waals surface area contributed by atoms with Crippen LogP contribution in [0.4, 0.5) is 0 Å². The summed E-state index contributed by atoms with van der Waals surface area (Å²) in [6.07, 6.45) is 1.39. The second kappa shape index (κ2) is 5.35. The van der Waals surface area contributed by atoms with Crippen molar-refractivity contribution < 1.29 is 4.74 Å². The van der Waals surface area contributed by atoms with Gasteiger partial charge in [-0.25, -0.2) is 0 Å². The molecule has 0 saturated carbocycles. The molecule has 2 rings (SSSR count). The molecule has 78 valence electrons. The topological polar surface area (TPSA) is 21.3 Å². The highest BCUT2D eigenvalue weighted by atomic mass is 35.5. The van der Waals surface area contributed by atoms with Crippen molar-refractivity contribution in [1.29, 1.82) is 0 Å². The Morgan fingerprint density at radius 2 is 2.07 bits per heavy atom. The standard InChI is InChI=1S/C11H15NO.ClH/c1-12-7-11-6-9-4-2-3-5-10(9)8-13-11;/h2-5,11-12H,6-8H2,1H3;1H. The summed E-state index contributed by atoms with van der Waals surface area (Å²) in [5.41, 5.74) is 2.78. The van der Waals surface area contributed by atoms with Crippen LogP contribution < -0.4 is 5.32 Å². The molecule has 1 atom stereocenters. The van der Waals surface area contributed by atoms with E-state index in [9.17, 15) is 0 Å². The molecule has 0 spiro atoms. The highest BCUT2D eigenvalue weighted by molar-refractivity contribution is 5.85. The first-order chi connectivity index (χ1) is 6.40. The largest absolute Gasteiger partial charge is 0.372 e. The van der Waals surface area contributed by atoms with E-state index in [0.29, 0.717) is 6.10 Å². The van der Waals surface area contributed by atoms with Crippen LogP contribution in [-0.4, -0.2) is 19.7 Å². The number of ether oxygens (including phenoxy) is 1. The maximum atomic E-state index is 5.68. The maximum absolute atomic E-state index is 5.68. The Labute approximate surface area is 91.1 Å². The van der Waals surface area contributed by atoms with Crippen LogP contribution in [0.15, 0.2) is 24.3 Å². The summed E-state index contributed by atoms with van der Waals surface area (Å²) in [4.78, 5) is 0. The third-order valence-corrected chi connectivity index (χ3v) is 2.47. The summed E-state index contributed by atoms with van der Waals surface area (Å²) in [5.74, 6) is 0. The van der Waals surface area contributed by atoms with E-state index in [1.54, 1.807) is 0 Å². The molecule has 0 aliphatic carbocycles. The lowest BCUT2D eigenvalue weighted by atomic mass is 9.99. The molecule has 0 fully saturated rings. The van der Waals surface area contributed by atoms with Gasteiger partial charge in [0.05, 0.1) is 12.7 Å². The van der Waals surface area contributed by atoms with Gasteiger partial charge in [0.1, 0.15) is 0 Å². The highest BCUT2D eigenvalue weighted by Crippen LogP contribution is 2.19. The van der Waals surface area contributed by atoms with Gasteiger partial charge in [0.2, 0.25) is 0 Å². The summed E-state index contributed by atoms with van der Waals surface area (Å²) < 4.78 is 5.68. The highest BCUT2D eigenvalue weighted by Gasteiger charge is 2.17. The molecular weight excluding hydrogens is 198 g/mol. The number of halogens is 1. The van der Waals surface area contributed by atoms with Crippen molar-refractivity contribution in [3.05, 3.63) is 35.4 Å². The van der Waals surface area contributed by atoms with Crippen molar-refractivity contribution in [2.45, 2.75) is 19.1 Å². The summed E-state index contributed by atoms with van der Waals surface area (Å²) in [6.45, 7) is 1.71. The number of nitrogens with one attached hydrogen (secondary N) is 1. The molecule has 1 heterocycles. The van der Waals surface area contributed by atoms with Crippen LogP contribution in [0.3, 0.4) is 0 Å². The van der Waals surface area contributed by atoms with E-state index in [4.69, 9.17) is 4.74 Å². The molecule has 14 heavy (non-hydrogen) atoms. The first-order valence-corrected chi connectivity index (χ1v) is 4.73. The fraction of sp³-hybridized carbons (Fsp3) is 0.455. The SMILES string of the molecule is CNCC1Cc2ccccc2CO1.Cl. The number of benzene rings is 1. The van der Waals surface area contributed by atoms with Gasteiger partial charge in [0.15, 0.2) is 0 Å². The lowest BCUT2D eigenvalue weighted by Crippen LogP contribution is -2.31. The van der Waals surface area contributed by atoms with Crippen LogP contribution in [0.2, 0.25) is 0 Å². The Balaban J connectivity index is 0.000000980. The number of fused-ring (bicyclic) bond motifs is 1. The second-order valence-corrected chi connectivity index (χ2v) is 3.46. The third-order valence-electron chi connectivity index (χ3n) is 2.47. The predicted molar refractivity (Wildman–Crippen MR) is 59.9 cm³/mol. The molecule has 0 amide bonds. The smallest absolute Gasteiger partial charge is 0.0744 e. The molecule has 0 saturated heterocycles. The van der Waals surface area contributed by atoms with Crippen LogP contribution in [-0.2, 0) is 17.8 Å². The minimum absolute atomic E-state index is 0. The quantitative estimate of drug-likeness (QED) is 0.809. The summed E-state index contributed by atoms with van der Waals surface area (Å²) in [6, 6.07) is 8.51. The number of rotatable bonds is 2. The van der Waals surface area contributed by atoms with E-state index in [2.05, 4.69) is 29.6 Å². The Kier molecular flexibility index (Phi) is 4.39. The van der Waals surface area contributed by atoms with Gasteiger partial charge in [-0.1, -0.05) is 24.3 Å². The average Bonchev–Trinajstić information content (AvgIpc) is 2.18. The van der Waals surface area contributed by atoms with E-state index in [1.807, 2.05) is 7.05 Å². The number of hydrogen-bond acceptors (Lipinski definition) is 2. The van der Waals surface area contributed by atoms with Crippen LogP contribution in [0.25, 0.3) is 0 Å². The Morgan fingerprint density at radius 3 is 2.79 bits per heavy atom. The van der Waals surface area contributed by atoms with E-state index in [1.165, 1.54) is 11.1 Å². The van der Waals surface area contributed by atoms with Gasteiger partial charge in [-0.15, -0.1) is 12.4 Å². The van der Waals surface area contributed by atoms with Gasteiger partial charge in [-0.05, 0) is 18.2 Å². The lowest BCUT2D eigenvalue weighted by Gasteiger charge is -2.24. The fourth-order valence-corrected chi connectivity index (χ4v) is 1.77. The average molecular weight is 214 g/mol. The van der Waals surface area contributed by atoms with Gasteiger partial charge < -0.3 is 10.1 Å². The predicted octanol–water partition coefficient (Wildman–Crippen LogP) is 1.77. The van der Waals surface area contributed by atoms with Crippen molar-refractivity contribution in [3.63, 3.8) is 0 Å². The van der Waals surface area contributed by atoms with Gasteiger partial charge in [-0.3, -0.25) is 0 Å². The number of hydrogen-bond donors (Lipinski definition) is 1. The minimum atomic E-state index is 0. The van der Waals surface area contributed by atoms with Gasteiger partial charge in [0.25, 0.3) is 0 Å². The molecule has 1 aromatic carbocycles. The minimum Gasteiger partial charge on any atom is -0.372 e. The maximum Gasteiger partial charge on any atom is 0.0744 e. The van der Waals surface area contributed by atoms with E-state index < -0.39 is 0 Å². The van der Waals surface area contributed by atoms with Crippen LogP contribution in [0.5, 0.6) is 0 Å². The molecule has 1 unspecified atom stereocenters. The Bertz CT molecular complexity index is 290. The van der Waals surface area contributed by atoms with Crippen molar-refractivity contribution >= 4 is 12.4 Å². The Morgan fingerprint density at radius 1 is 1.36 bits per heavy atom. The monoisotopic (exact) mass is 213 g/mol. The van der Waals surface area contributed by atoms with E-state index in [-0.39, 0.29) is 12.4 Å². The third kappa shape index (κ3) is 2.47. The first-order valence-electron chi connectivity index (χ1n) is 4.73. The second-order valence-electron chi connectivity index (χ2n) is 3.46. The summed E-state index contributed by atoms with van der Waals surface area (Å²) >= 11 is 0. The van der Waals surface area contributed by atoms with Crippen LogP contribution in [0.1, 0.15) is 11.1 Å². The van der Waals surface area contributed by atoms with E-state index in [0.717, 1.165) is 19.6 Å². The molecule has 1 N–H and O–H groups in total. The molecule has 3 heteroatoms. The molecule has 0 radical (unpaired) electrons.